The van der Waals surface area contributed by atoms with E-state index in [4.69, 9.17) is 5.11 Å². The number of allylic oxidation sites excluding steroid dienone is 1. The Labute approximate surface area is 71.6 Å². The topological polar surface area (TPSA) is 50.9 Å². The number of aliphatic hydroxyl groups excluding tert-OH is 1. The lowest BCUT2D eigenvalue weighted by Crippen LogP contribution is -1.97. The van der Waals surface area contributed by atoms with Gasteiger partial charge in [0.05, 0.1) is 6.61 Å². The van der Waals surface area contributed by atoms with Crippen LogP contribution in [0, 0.1) is 0 Å². The van der Waals surface area contributed by atoms with E-state index >= 15 is 0 Å². The molecule has 66 valence electrons. The molecule has 4 heteroatoms. The molecule has 0 aliphatic carbocycles. The second kappa shape index (κ2) is 5.49. The highest BCUT2D eigenvalue weighted by Crippen LogP contribution is 1.93. The molecule has 0 bridgehead atoms. The normalized spacial score (nSPS) is 11.1. The molecule has 0 fully saturated rings. The zero-order chi connectivity index (χ0) is 8.65. The van der Waals surface area contributed by atoms with Gasteiger partial charge in [-0.2, -0.15) is 5.10 Å². The maximum absolute atomic E-state index is 8.44. The number of aromatic nitrogens is 3. The maximum Gasteiger partial charge on any atom is 0.137 e. The lowest BCUT2D eigenvalue weighted by atomic mass is 10.3. The molecule has 0 saturated heterocycles. The third-order valence-electron chi connectivity index (χ3n) is 1.50. The summed E-state index contributed by atoms with van der Waals surface area (Å²) in [6.45, 7) is 1.01. The zero-order valence-corrected chi connectivity index (χ0v) is 6.93. The molecule has 0 aromatic carbocycles. The van der Waals surface area contributed by atoms with Gasteiger partial charge in [-0.1, -0.05) is 12.2 Å². The summed E-state index contributed by atoms with van der Waals surface area (Å²) in [6.07, 6.45) is 8.96. The van der Waals surface area contributed by atoms with Crippen molar-refractivity contribution in [3.63, 3.8) is 0 Å². The van der Waals surface area contributed by atoms with Crippen LogP contribution in [0.25, 0.3) is 0 Å². The molecular formula is C8H13N3O. The van der Waals surface area contributed by atoms with Crippen LogP contribution in [-0.4, -0.2) is 26.5 Å². The van der Waals surface area contributed by atoms with Crippen LogP contribution in [-0.2, 0) is 6.54 Å². The fourth-order valence-electron chi connectivity index (χ4n) is 0.912. The Morgan fingerprint density at radius 3 is 3.00 bits per heavy atom. The van der Waals surface area contributed by atoms with Gasteiger partial charge in [0.25, 0.3) is 0 Å². The number of aliphatic hydroxyl groups is 1. The number of hydrogen-bond donors (Lipinski definition) is 1. The van der Waals surface area contributed by atoms with Crippen molar-refractivity contribution in [1.29, 1.82) is 0 Å². The minimum Gasteiger partial charge on any atom is -0.392 e. The SMILES string of the molecule is OCC=CCCCn1cncn1. The zero-order valence-electron chi connectivity index (χ0n) is 6.93. The molecule has 0 aliphatic rings. The third-order valence-corrected chi connectivity index (χ3v) is 1.50. The molecule has 0 saturated carbocycles. The first-order valence-electron chi connectivity index (χ1n) is 4.02. The van der Waals surface area contributed by atoms with Gasteiger partial charge >= 0.3 is 0 Å². The maximum atomic E-state index is 8.44. The molecule has 0 aliphatic heterocycles. The third kappa shape index (κ3) is 3.30. The molecule has 1 rings (SSSR count). The van der Waals surface area contributed by atoms with Crippen LogP contribution in [0.15, 0.2) is 24.8 Å². The van der Waals surface area contributed by atoms with Crippen LogP contribution < -0.4 is 0 Å². The van der Waals surface area contributed by atoms with E-state index in [1.807, 2.05) is 6.08 Å². The summed E-state index contributed by atoms with van der Waals surface area (Å²) < 4.78 is 1.80. The highest BCUT2D eigenvalue weighted by Gasteiger charge is 1.88. The van der Waals surface area contributed by atoms with Crippen LogP contribution >= 0.6 is 0 Å². The van der Waals surface area contributed by atoms with Gasteiger partial charge in [0.2, 0.25) is 0 Å². The van der Waals surface area contributed by atoms with Crippen molar-refractivity contribution in [1.82, 2.24) is 14.8 Å². The second-order valence-electron chi connectivity index (χ2n) is 2.45. The summed E-state index contributed by atoms with van der Waals surface area (Å²) in [5.41, 5.74) is 0. The Balaban J connectivity index is 2.07. The Kier molecular flexibility index (Phi) is 4.08. The van der Waals surface area contributed by atoms with E-state index in [0.29, 0.717) is 0 Å². The number of hydrogen-bond acceptors (Lipinski definition) is 3. The van der Waals surface area contributed by atoms with Crippen molar-refractivity contribution in [2.45, 2.75) is 19.4 Å². The van der Waals surface area contributed by atoms with Gasteiger partial charge in [-0.3, -0.25) is 4.68 Å². The first kappa shape index (κ1) is 8.93. The fraction of sp³-hybridized carbons (Fsp3) is 0.500. The van der Waals surface area contributed by atoms with E-state index in [1.54, 1.807) is 17.1 Å². The van der Waals surface area contributed by atoms with Crippen molar-refractivity contribution in [2.24, 2.45) is 0 Å². The molecule has 1 heterocycles. The first-order chi connectivity index (χ1) is 5.93. The molecule has 0 amide bonds. The molecular weight excluding hydrogens is 154 g/mol. The van der Waals surface area contributed by atoms with E-state index in [2.05, 4.69) is 10.1 Å². The highest BCUT2D eigenvalue weighted by molar-refractivity contribution is 4.80. The lowest BCUT2D eigenvalue weighted by Gasteiger charge is -1.96. The second-order valence-corrected chi connectivity index (χ2v) is 2.45. The van der Waals surface area contributed by atoms with Crippen molar-refractivity contribution in [2.75, 3.05) is 6.61 Å². The molecule has 1 aromatic rings. The van der Waals surface area contributed by atoms with E-state index in [0.717, 1.165) is 19.4 Å². The summed E-state index contributed by atoms with van der Waals surface area (Å²) in [5, 5.41) is 12.4. The Morgan fingerprint density at radius 1 is 1.42 bits per heavy atom. The van der Waals surface area contributed by atoms with Crippen molar-refractivity contribution >= 4 is 0 Å². The van der Waals surface area contributed by atoms with E-state index in [9.17, 15) is 0 Å². The van der Waals surface area contributed by atoms with E-state index < -0.39 is 0 Å². The predicted molar refractivity (Wildman–Crippen MR) is 45.5 cm³/mol. The number of unbranched alkanes of at least 4 members (excludes halogenated alkanes) is 1. The monoisotopic (exact) mass is 167 g/mol. The predicted octanol–water partition coefficient (Wildman–Crippen LogP) is 0.607. The van der Waals surface area contributed by atoms with Crippen LogP contribution in [0.5, 0.6) is 0 Å². The van der Waals surface area contributed by atoms with Crippen LogP contribution in [0.1, 0.15) is 12.8 Å². The van der Waals surface area contributed by atoms with Crippen LogP contribution in [0.4, 0.5) is 0 Å². The fourth-order valence-corrected chi connectivity index (χ4v) is 0.912. The summed E-state index contributed by atoms with van der Waals surface area (Å²) >= 11 is 0. The Hall–Kier alpha value is -1.16. The van der Waals surface area contributed by atoms with Crippen molar-refractivity contribution in [3.05, 3.63) is 24.8 Å². The van der Waals surface area contributed by atoms with Gasteiger partial charge in [-0.25, -0.2) is 4.98 Å². The summed E-state index contributed by atoms with van der Waals surface area (Å²) in [6, 6.07) is 0. The molecule has 0 unspecified atom stereocenters. The molecule has 12 heavy (non-hydrogen) atoms. The van der Waals surface area contributed by atoms with E-state index in [1.165, 1.54) is 6.33 Å². The number of nitrogens with zero attached hydrogens (tertiary/aromatic N) is 3. The highest BCUT2D eigenvalue weighted by atomic mass is 16.2. The van der Waals surface area contributed by atoms with Gasteiger partial charge in [-0.05, 0) is 12.8 Å². The standard InChI is InChI=1S/C8H13N3O/c12-6-4-2-1-3-5-11-8-9-7-10-11/h2,4,7-8,12H,1,3,5-6H2. The molecule has 4 nitrogen and oxygen atoms in total. The Bertz CT molecular complexity index is 218. The largest absolute Gasteiger partial charge is 0.392 e. The van der Waals surface area contributed by atoms with Crippen molar-refractivity contribution in [3.8, 4) is 0 Å². The van der Waals surface area contributed by atoms with E-state index in [-0.39, 0.29) is 6.61 Å². The van der Waals surface area contributed by atoms with Crippen LogP contribution in [0.3, 0.4) is 0 Å². The molecule has 0 spiro atoms. The van der Waals surface area contributed by atoms with Gasteiger partial charge in [0, 0.05) is 6.54 Å². The number of rotatable bonds is 5. The van der Waals surface area contributed by atoms with Crippen molar-refractivity contribution < 1.29 is 5.11 Å². The molecule has 1 aromatic heterocycles. The van der Waals surface area contributed by atoms with Crippen LogP contribution in [0.2, 0.25) is 0 Å². The minimum absolute atomic E-state index is 0.128. The molecule has 0 radical (unpaired) electrons. The molecule has 1 N–H and O–H groups in total. The lowest BCUT2D eigenvalue weighted by molar-refractivity contribution is 0.342. The van der Waals surface area contributed by atoms with Gasteiger partial charge < -0.3 is 5.11 Å². The first-order valence-corrected chi connectivity index (χ1v) is 4.02. The average Bonchev–Trinajstić information content (AvgIpc) is 2.57. The van der Waals surface area contributed by atoms with Gasteiger partial charge in [0.1, 0.15) is 12.7 Å². The smallest absolute Gasteiger partial charge is 0.137 e. The van der Waals surface area contributed by atoms with Gasteiger partial charge in [-0.15, -0.1) is 0 Å². The average molecular weight is 167 g/mol. The molecule has 0 atom stereocenters. The number of aryl methyl sites for hydroxylation is 1. The summed E-state index contributed by atoms with van der Waals surface area (Å²) in [5.74, 6) is 0. The minimum atomic E-state index is 0.128. The summed E-state index contributed by atoms with van der Waals surface area (Å²) in [7, 11) is 0. The summed E-state index contributed by atoms with van der Waals surface area (Å²) in [4.78, 5) is 3.83. The Morgan fingerprint density at radius 2 is 2.33 bits per heavy atom. The quantitative estimate of drug-likeness (QED) is 0.516. The van der Waals surface area contributed by atoms with Gasteiger partial charge in [0.15, 0.2) is 0 Å².